The summed E-state index contributed by atoms with van der Waals surface area (Å²) in [5.74, 6) is 1.06. The predicted octanol–water partition coefficient (Wildman–Crippen LogP) is 4.97. The molecule has 146 valence electrons. The van der Waals surface area contributed by atoms with Crippen LogP contribution in [0.5, 0.6) is 0 Å². The number of nitrogens with one attached hydrogen (secondary N) is 1. The average molecular weight is 397 g/mol. The molecular formula is C21H24N4O2S. The summed E-state index contributed by atoms with van der Waals surface area (Å²) >= 11 is 1.36. The van der Waals surface area contributed by atoms with Crippen molar-refractivity contribution in [3.8, 4) is 11.4 Å². The number of carbonyl (C=O) groups excluding carboxylic acids is 1. The first-order chi connectivity index (χ1) is 13.5. The Morgan fingerprint density at radius 1 is 1.25 bits per heavy atom. The van der Waals surface area contributed by atoms with E-state index in [0.29, 0.717) is 23.4 Å². The van der Waals surface area contributed by atoms with Gasteiger partial charge >= 0.3 is 0 Å². The van der Waals surface area contributed by atoms with Crippen molar-refractivity contribution in [2.45, 2.75) is 43.6 Å². The van der Waals surface area contributed by atoms with Gasteiger partial charge in [0.25, 0.3) is 0 Å². The zero-order chi connectivity index (χ0) is 20.1. The summed E-state index contributed by atoms with van der Waals surface area (Å²) < 4.78 is 7.06. The minimum absolute atomic E-state index is 0.0830. The molecule has 0 aliphatic rings. The summed E-state index contributed by atoms with van der Waals surface area (Å²) in [5.41, 5.74) is 2.86. The molecular weight excluding hydrogens is 372 g/mol. The summed E-state index contributed by atoms with van der Waals surface area (Å²) in [6, 6.07) is 9.77. The van der Waals surface area contributed by atoms with Gasteiger partial charge in [-0.15, -0.1) is 16.8 Å². The highest BCUT2D eigenvalue weighted by Gasteiger charge is 2.21. The highest BCUT2D eigenvalue weighted by molar-refractivity contribution is 8.00. The van der Waals surface area contributed by atoms with E-state index in [-0.39, 0.29) is 11.2 Å². The van der Waals surface area contributed by atoms with Crippen LogP contribution in [0.15, 0.2) is 65.1 Å². The first kappa shape index (κ1) is 19.9. The first-order valence-corrected chi connectivity index (χ1v) is 10.0. The molecule has 3 rings (SSSR count). The van der Waals surface area contributed by atoms with Gasteiger partial charge < -0.3 is 9.73 Å². The maximum absolute atomic E-state index is 12.6. The van der Waals surface area contributed by atoms with E-state index in [0.717, 1.165) is 11.3 Å². The highest BCUT2D eigenvalue weighted by atomic mass is 32.2. The molecule has 28 heavy (non-hydrogen) atoms. The van der Waals surface area contributed by atoms with Crippen LogP contribution in [-0.4, -0.2) is 25.9 Å². The fourth-order valence-electron chi connectivity index (χ4n) is 2.68. The molecule has 0 bridgehead atoms. The second-order valence-corrected chi connectivity index (χ2v) is 8.05. The number of thioether (sulfide) groups is 1. The van der Waals surface area contributed by atoms with Gasteiger partial charge in [-0.25, -0.2) is 0 Å². The van der Waals surface area contributed by atoms with Crippen molar-refractivity contribution in [2.24, 2.45) is 0 Å². The van der Waals surface area contributed by atoms with Gasteiger partial charge in [-0.3, -0.25) is 9.36 Å². The number of aromatic nitrogens is 3. The van der Waals surface area contributed by atoms with Crippen LogP contribution in [0.3, 0.4) is 0 Å². The smallest absolute Gasteiger partial charge is 0.237 e. The summed E-state index contributed by atoms with van der Waals surface area (Å²) in [6.07, 6.45) is 4.99. The number of rotatable bonds is 8. The Hall–Kier alpha value is -2.80. The molecule has 0 fully saturated rings. The van der Waals surface area contributed by atoms with E-state index in [2.05, 4.69) is 35.9 Å². The van der Waals surface area contributed by atoms with Crippen molar-refractivity contribution in [2.75, 3.05) is 5.32 Å². The zero-order valence-electron chi connectivity index (χ0n) is 16.3. The van der Waals surface area contributed by atoms with E-state index in [1.807, 2.05) is 41.8 Å². The Kier molecular flexibility index (Phi) is 6.36. The van der Waals surface area contributed by atoms with Crippen LogP contribution < -0.4 is 5.32 Å². The molecule has 0 radical (unpaired) electrons. The van der Waals surface area contributed by atoms with Gasteiger partial charge in [0.1, 0.15) is 6.26 Å². The van der Waals surface area contributed by atoms with Gasteiger partial charge in [0.05, 0.1) is 17.1 Å². The summed E-state index contributed by atoms with van der Waals surface area (Å²) in [6.45, 7) is 10.5. The highest BCUT2D eigenvalue weighted by Crippen LogP contribution is 2.28. The molecule has 6 nitrogen and oxygen atoms in total. The van der Waals surface area contributed by atoms with Gasteiger partial charge in [0.2, 0.25) is 5.91 Å². The lowest BCUT2D eigenvalue weighted by molar-refractivity contribution is -0.115. The fraction of sp³-hybridized carbons (Fsp3) is 0.286. The van der Waals surface area contributed by atoms with Crippen LogP contribution >= 0.6 is 11.8 Å². The Morgan fingerprint density at radius 2 is 2.00 bits per heavy atom. The molecule has 1 amide bonds. The number of benzene rings is 1. The zero-order valence-corrected chi connectivity index (χ0v) is 17.1. The van der Waals surface area contributed by atoms with E-state index < -0.39 is 0 Å². The minimum Gasteiger partial charge on any atom is -0.472 e. The number of hydrogen-bond donors (Lipinski definition) is 1. The molecule has 1 unspecified atom stereocenters. The summed E-state index contributed by atoms with van der Waals surface area (Å²) in [4.78, 5) is 12.6. The number of amides is 1. The molecule has 0 spiro atoms. The fourth-order valence-corrected chi connectivity index (χ4v) is 3.54. The molecule has 0 saturated carbocycles. The Balaban J connectivity index is 1.70. The second kappa shape index (κ2) is 8.93. The van der Waals surface area contributed by atoms with Crippen LogP contribution in [0.4, 0.5) is 5.69 Å². The maximum atomic E-state index is 12.6. The minimum atomic E-state index is -0.338. The van der Waals surface area contributed by atoms with Crippen molar-refractivity contribution in [1.82, 2.24) is 14.8 Å². The van der Waals surface area contributed by atoms with Crippen molar-refractivity contribution < 1.29 is 9.21 Å². The lowest BCUT2D eigenvalue weighted by Gasteiger charge is -2.13. The van der Waals surface area contributed by atoms with Crippen molar-refractivity contribution in [1.29, 1.82) is 0 Å². The SMILES string of the molecule is C=CCn1c(SC(C)C(=O)Nc2ccc(C(C)C)cc2)nnc1-c1ccoc1. The Labute approximate surface area is 169 Å². The first-order valence-electron chi connectivity index (χ1n) is 9.13. The van der Waals surface area contributed by atoms with E-state index in [1.54, 1.807) is 18.6 Å². The number of nitrogens with zero attached hydrogens (tertiary/aromatic N) is 3. The molecule has 3 aromatic rings. The van der Waals surface area contributed by atoms with Crippen LogP contribution in [0, 0.1) is 0 Å². The second-order valence-electron chi connectivity index (χ2n) is 6.74. The summed E-state index contributed by atoms with van der Waals surface area (Å²) in [7, 11) is 0. The number of hydrogen-bond acceptors (Lipinski definition) is 5. The quantitative estimate of drug-likeness (QED) is 0.430. The number of furan rings is 1. The van der Waals surface area contributed by atoms with E-state index in [4.69, 9.17) is 4.42 Å². The van der Waals surface area contributed by atoms with Crippen LogP contribution in [0.2, 0.25) is 0 Å². The maximum Gasteiger partial charge on any atom is 0.237 e. The molecule has 1 aromatic carbocycles. The van der Waals surface area contributed by atoms with Crippen molar-refractivity contribution in [3.63, 3.8) is 0 Å². The van der Waals surface area contributed by atoms with Crippen LogP contribution in [0.25, 0.3) is 11.4 Å². The van der Waals surface area contributed by atoms with Crippen LogP contribution in [0.1, 0.15) is 32.3 Å². The van der Waals surface area contributed by atoms with E-state index in [1.165, 1.54) is 17.3 Å². The third kappa shape index (κ3) is 4.54. The average Bonchev–Trinajstić information content (AvgIpc) is 3.33. The van der Waals surface area contributed by atoms with E-state index >= 15 is 0 Å². The third-order valence-electron chi connectivity index (χ3n) is 4.30. The molecule has 0 saturated heterocycles. The third-order valence-corrected chi connectivity index (χ3v) is 5.38. The Morgan fingerprint density at radius 3 is 2.61 bits per heavy atom. The topological polar surface area (TPSA) is 73.0 Å². The van der Waals surface area contributed by atoms with Crippen molar-refractivity contribution in [3.05, 3.63) is 61.1 Å². The van der Waals surface area contributed by atoms with E-state index in [9.17, 15) is 4.79 Å². The number of carbonyl (C=O) groups is 1. The number of allylic oxidation sites excluding steroid dienone is 1. The largest absolute Gasteiger partial charge is 0.472 e. The molecule has 1 N–H and O–H groups in total. The number of anilines is 1. The van der Waals surface area contributed by atoms with Gasteiger partial charge in [-0.2, -0.15) is 0 Å². The Bertz CT molecular complexity index is 930. The van der Waals surface area contributed by atoms with Gasteiger partial charge in [0.15, 0.2) is 11.0 Å². The molecule has 0 aliphatic carbocycles. The molecule has 2 aromatic heterocycles. The molecule has 7 heteroatoms. The predicted molar refractivity (Wildman–Crippen MR) is 112 cm³/mol. The van der Waals surface area contributed by atoms with Gasteiger partial charge in [-0.05, 0) is 36.6 Å². The lowest BCUT2D eigenvalue weighted by Crippen LogP contribution is -2.23. The molecule has 1 atom stereocenters. The van der Waals surface area contributed by atoms with Crippen LogP contribution in [-0.2, 0) is 11.3 Å². The van der Waals surface area contributed by atoms with Gasteiger partial charge in [0, 0.05) is 12.2 Å². The normalized spacial score (nSPS) is 12.1. The molecule has 2 heterocycles. The lowest BCUT2D eigenvalue weighted by atomic mass is 10.0. The monoisotopic (exact) mass is 396 g/mol. The van der Waals surface area contributed by atoms with Gasteiger partial charge in [-0.1, -0.05) is 43.8 Å². The molecule has 0 aliphatic heterocycles. The standard InChI is InChI=1S/C21H24N4O2S/c1-5-11-25-19(17-10-12-27-13-17)23-24-21(25)28-15(4)20(26)22-18-8-6-16(7-9-18)14(2)3/h5-10,12-15H,1,11H2,2-4H3,(H,22,26). The summed E-state index contributed by atoms with van der Waals surface area (Å²) in [5, 5.41) is 11.8. The van der Waals surface area contributed by atoms with Crippen molar-refractivity contribution >= 4 is 23.4 Å².